The third-order valence-electron chi connectivity index (χ3n) is 1.63. The summed E-state index contributed by atoms with van der Waals surface area (Å²) in [6.07, 6.45) is 1.12. The lowest BCUT2D eigenvalue weighted by molar-refractivity contribution is -0.157. The van der Waals surface area contributed by atoms with Gasteiger partial charge in [-0.3, -0.25) is 4.18 Å². The molecule has 0 fully saturated rings. The fraction of sp³-hybridized carbons (Fsp3) is 0.857. The minimum absolute atomic E-state index is 0.229. The van der Waals surface area contributed by atoms with Crippen molar-refractivity contribution in [3.63, 3.8) is 0 Å². The molecule has 0 aliphatic rings. The Bertz CT molecular complexity index is 281. The summed E-state index contributed by atoms with van der Waals surface area (Å²) in [4.78, 5) is 11.1. The monoisotopic (exact) mass is 210 g/mol. The van der Waals surface area contributed by atoms with Crippen LogP contribution >= 0.6 is 0 Å². The van der Waals surface area contributed by atoms with Crippen LogP contribution in [0.25, 0.3) is 0 Å². The van der Waals surface area contributed by atoms with Crippen LogP contribution in [-0.4, -0.2) is 33.4 Å². The van der Waals surface area contributed by atoms with Crippen LogP contribution in [0.5, 0.6) is 0 Å². The maximum absolute atomic E-state index is 11.1. The van der Waals surface area contributed by atoms with Crippen LogP contribution in [0.2, 0.25) is 0 Å². The highest BCUT2D eigenvalue weighted by Gasteiger charge is 2.37. The molecule has 0 aliphatic carbocycles. The van der Waals surface area contributed by atoms with Crippen molar-refractivity contribution in [2.24, 2.45) is 0 Å². The summed E-state index contributed by atoms with van der Waals surface area (Å²) in [5.74, 6) is -0.694. The van der Waals surface area contributed by atoms with E-state index in [4.69, 9.17) is 0 Å². The molecule has 13 heavy (non-hydrogen) atoms. The van der Waals surface area contributed by atoms with Crippen molar-refractivity contribution in [2.45, 2.75) is 25.9 Å². The third kappa shape index (κ3) is 3.73. The standard InChI is InChI=1S/C7H14O5S/c1-5-7(2,6(8)11-3)12-13(4,9)10/h5H2,1-4H3/t7-/m0/s1. The van der Waals surface area contributed by atoms with Crippen molar-refractivity contribution in [1.82, 2.24) is 0 Å². The van der Waals surface area contributed by atoms with E-state index in [2.05, 4.69) is 8.92 Å². The molecule has 0 bridgehead atoms. The van der Waals surface area contributed by atoms with Gasteiger partial charge in [0.05, 0.1) is 13.4 Å². The summed E-state index contributed by atoms with van der Waals surface area (Å²) in [5, 5.41) is 0. The first kappa shape index (κ1) is 12.4. The lowest BCUT2D eigenvalue weighted by Gasteiger charge is -2.23. The Morgan fingerprint density at radius 1 is 1.46 bits per heavy atom. The van der Waals surface area contributed by atoms with Gasteiger partial charge in [-0.15, -0.1) is 0 Å². The van der Waals surface area contributed by atoms with E-state index >= 15 is 0 Å². The van der Waals surface area contributed by atoms with Crippen LogP contribution in [-0.2, 0) is 23.8 Å². The van der Waals surface area contributed by atoms with Crippen LogP contribution in [0, 0.1) is 0 Å². The number of carbonyl (C=O) groups is 1. The Balaban J connectivity index is 4.76. The Kier molecular flexibility index (Phi) is 3.87. The van der Waals surface area contributed by atoms with Gasteiger partial charge in [-0.2, -0.15) is 8.42 Å². The lowest BCUT2D eigenvalue weighted by atomic mass is 10.1. The zero-order chi connectivity index (χ0) is 10.7. The molecule has 0 aromatic heterocycles. The van der Waals surface area contributed by atoms with Gasteiger partial charge >= 0.3 is 5.97 Å². The van der Waals surface area contributed by atoms with Crippen molar-refractivity contribution in [2.75, 3.05) is 13.4 Å². The van der Waals surface area contributed by atoms with Gasteiger partial charge in [-0.1, -0.05) is 6.92 Å². The molecule has 1 atom stereocenters. The summed E-state index contributed by atoms with van der Waals surface area (Å²) in [6, 6.07) is 0. The molecule has 0 spiro atoms. The Morgan fingerprint density at radius 2 is 1.92 bits per heavy atom. The molecule has 0 saturated heterocycles. The molecule has 6 heteroatoms. The highest BCUT2D eigenvalue weighted by Crippen LogP contribution is 2.19. The maximum atomic E-state index is 11.1. The number of hydrogen-bond acceptors (Lipinski definition) is 5. The second-order valence-electron chi connectivity index (χ2n) is 2.86. The van der Waals surface area contributed by atoms with E-state index in [1.165, 1.54) is 14.0 Å². The molecule has 0 rings (SSSR count). The van der Waals surface area contributed by atoms with Crippen molar-refractivity contribution in [3.05, 3.63) is 0 Å². The van der Waals surface area contributed by atoms with E-state index in [0.717, 1.165) is 6.26 Å². The molecule has 0 N–H and O–H groups in total. The molecular formula is C7H14O5S. The van der Waals surface area contributed by atoms with Crippen LogP contribution in [0.3, 0.4) is 0 Å². The van der Waals surface area contributed by atoms with Crippen molar-refractivity contribution >= 4 is 16.1 Å². The molecule has 78 valence electrons. The lowest BCUT2D eigenvalue weighted by Crippen LogP contribution is -2.40. The topological polar surface area (TPSA) is 69.7 Å². The predicted octanol–water partition coefficient (Wildman–Crippen LogP) is 0.304. The molecule has 0 saturated carbocycles. The molecule has 0 unspecified atom stereocenters. The van der Waals surface area contributed by atoms with Gasteiger partial charge in [0.25, 0.3) is 10.1 Å². The van der Waals surface area contributed by atoms with Gasteiger partial charge in [0, 0.05) is 0 Å². The summed E-state index contributed by atoms with van der Waals surface area (Å²) in [5.41, 5.74) is -1.41. The van der Waals surface area contributed by atoms with E-state index in [0.29, 0.717) is 0 Å². The van der Waals surface area contributed by atoms with E-state index in [-0.39, 0.29) is 6.42 Å². The number of methoxy groups -OCH3 is 1. The van der Waals surface area contributed by atoms with E-state index < -0.39 is 21.7 Å². The maximum Gasteiger partial charge on any atom is 0.339 e. The van der Waals surface area contributed by atoms with Gasteiger partial charge in [0.1, 0.15) is 0 Å². The average molecular weight is 210 g/mol. The van der Waals surface area contributed by atoms with Crippen LogP contribution < -0.4 is 0 Å². The predicted molar refractivity (Wildman–Crippen MR) is 46.6 cm³/mol. The summed E-state index contributed by atoms with van der Waals surface area (Å²) >= 11 is 0. The molecule has 0 aromatic carbocycles. The molecule has 0 aromatic rings. The number of rotatable bonds is 4. The minimum Gasteiger partial charge on any atom is -0.467 e. The average Bonchev–Trinajstić information content (AvgIpc) is 1.99. The molecule has 0 heterocycles. The summed E-state index contributed by atoms with van der Waals surface area (Å²) < 4.78 is 30.6. The van der Waals surface area contributed by atoms with Crippen LogP contribution in [0.4, 0.5) is 0 Å². The first-order valence-corrected chi connectivity index (χ1v) is 5.56. The molecular weight excluding hydrogens is 196 g/mol. The van der Waals surface area contributed by atoms with Gasteiger partial charge < -0.3 is 4.74 Å². The van der Waals surface area contributed by atoms with E-state index in [9.17, 15) is 13.2 Å². The van der Waals surface area contributed by atoms with Gasteiger partial charge in [0.2, 0.25) is 0 Å². The zero-order valence-corrected chi connectivity index (χ0v) is 8.97. The van der Waals surface area contributed by atoms with Gasteiger partial charge in [-0.05, 0) is 13.3 Å². The van der Waals surface area contributed by atoms with Gasteiger partial charge in [-0.25, -0.2) is 4.79 Å². The van der Waals surface area contributed by atoms with E-state index in [1.807, 2.05) is 0 Å². The second-order valence-corrected chi connectivity index (χ2v) is 4.44. The Labute approximate surface area is 78.2 Å². The number of hydrogen-bond donors (Lipinski definition) is 0. The van der Waals surface area contributed by atoms with Crippen LogP contribution in [0.1, 0.15) is 20.3 Å². The normalized spacial score (nSPS) is 16.3. The Hall–Kier alpha value is -0.620. The van der Waals surface area contributed by atoms with Crippen molar-refractivity contribution in [1.29, 1.82) is 0 Å². The number of esters is 1. The molecule has 0 radical (unpaired) electrons. The summed E-state index contributed by atoms with van der Waals surface area (Å²) in [7, 11) is -2.47. The number of carbonyl (C=O) groups excluding carboxylic acids is 1. The smallest absolute Gasteiger partial charge is 0.339 e. The molecule has 0 aliphatic heterocycles. The van der Waals surface area contributed by atoms with Crippen LogP contribution in [0.15, 0.2) is 0 Å². The second kappa shape index (κ2) is 4.06. The molecule has 5 nitrogen and oxygen atoms in total. The van der Waals surface area contributed by atoms with E-state index in [1.54, 1.807) is 6.92 Å². The highest BCUT2D eigenvalue weighted by molar-refractivity contribution is 7.86. The fourth-order valence-corrected chi connectivity index (χ4v) is 1.64. The van der Waals surface area contributed by atoms with Crippen molar-refractivity contribution < 1.29 is 22.1 Å². The first-order valence-electron chi connectivity index (χ1n) is 3.74. The SMILES string of the molecule is CC[C@](C)(OS(C)(=O)=O)C(=O)OC. The first-order chi connectivity index (χ1) is 5.75. The fourth-order valence-electron chi connectivity index (χ4n) is 0.787. The minimum atomic E-state index is -3.65. The summed E-state index contributed by atoms with van der Waals surface area (Å²) in [6.45, 7) is 3.02. The largest absolute Gasteiger partial charge is 0.467 e. The quantitative estimate of drug-likeness (QED) is 0.493. The number of ether oxygens (including phenoxy) is 1. The van der Waals surface area contributed by atoms with Crippen molar-refractivity contribution in [3.8, 4) is 0 Å². The van der Waals surface area contributed by atoms with Gasteiger partial charge in [0.15, 0.2) is 5.60 Å². The Morgan fingerprint density at radius 3 is 2.15 bits per heavy atom. The highest BCUT2D eigenvalue weighted by atomic mass is 32.2. The zero-order valence-electron chi connectivity index (χ0n) is 8.16. The molecule has 0 amide bonds. The third-order valence-corrected chi connectivity index (χ3v) is 2.30.